The van der Waals surface area contributed by atoms with Gasteiger partial charge < -0.3 is 19.5 Å². The first-order valence-corrected chi connectivity index (χ1v) is 10.8. The third kappa shape index (κ3) is 4.38. The van der Waals surface area contributed by atoms with Crippen molar-refractivity contribution >= 4 is 24.0 Å². The maximum absolute atomic E-state index is 12.4. The molecule has 4 bridgehead atoms. The number of benzene rings is 1. The molecule has 5 aliphatic rings. The smallest absolute Gasteiger partial charge is 0.331 e. The largest absolute Gasteiger partial charge is 0.454 e. The molecule has 8 heteroatoms. The van der Waals surface area contributed by atoms with Crippen molar-refractivity contribution < 1.29 is 28.6 Å². The molecule has 2 N–H and O–H groups in total. The summed E-state index contributed by atoms with van der Waals surface area (Å²) >= 11 is 0. The van der Waals surface area contributed by atoms with Crippen molar-refractivity contribution in [3.63, 3.8) is 0 Å². The van der Waals surface area contributed by atoms with Gasteiger partial charge in [-0.3, -0.25) is 10.1 Å². The third-order valence-corrected chi connectivity index (χ3v) is 6.82. The summed E-state index contributed by atoms with van der Waals surface area (Å²) in [6.45, 7) is -0.339. The Balaban J connectivity index is 1.07. The van der Waals surface area contributed by atoms with Crippen LogP contribution in [0.2, 0.25) is 0 Å². The van der Waals surface area contributed by atoms with Gasteiger partial charge in [0.15, 0.2) is 18.1 Å². The zero-order valence-electron chi connectivity index (χ0n) is 17.2. The molecule has 1 aromatic carbocycles. The molecule has 0 radical (unpaired) electrons. The van der Waals surface area contributed by atoms with E-state index < -0.39 is 24.5 Å². The van der Waals surface area contributed by atoms with Crippen LogP contribution in [0.3, 0.4) is 0 Å². The van der Waals surface area contributed by atoms with Gasteiger partial charge in [-0.1, -0.05) is 6.07 Å². The van der Waals surface area contributed by atoms with E-state index in [2.05, 4.69) is 10.6 Å². The lowest BCUT2D eigenvalue weighted by Gasteiger charge is -2.56. The van der Waals surface area contributed by atoms with Gasteiger partial charge in [-0.15, -0.1) is 0 Å². The van der Waals surface area contributed by atoms with Crippen molar-refractivity contribution in [3.8, 4) is 11.5 Å². The molecule has 0 atom stereocenters. The van der Waals surface area contributed by atoms with Crippen molar-refractivity contribution in [1.29, 1.82) is 0 Å². The Kier molecular flexibility index (Phi) is 5.08. The zero-order valence-corrected chi connectivity index (χ0v) is 17.2. The van der Waals surface area contributed by atoms with Crippen molar-refractivity contribution in [1.82, 2.24) is 10.6 Å². The molecular formula is C23H26N2O6. The van der Waals surface area contributed by atoms with Gasteiger partial charge in [-0.25, -0.2) is 9.59 Å². The van der Waals surface area contributed by atoms with Crippen LogP contribution in [0.4, 0.5) is 4.79 Å². The Bertz CT molecular complexity index is 905. The number of hydrogen-bond donors (Lipinski definition) is 2. The normalized spacial score (nSPS) is 29.7. The van der Waals surface area contributed by atoms with Crippen LogP contribution in [0.1, 0.15) is 44.1 Å². The van der Waals surface area contributed by atoms with E-state index in [1.54, 1.807) is 24.3 Å². The average Bonchev–Trinajstić information content (AvgIpc) is 3.17. The molecule has 0 unspecified atom stereocenters. The van der Waals surface area contributed by atoms with Gasteiger partial charge in [0.05, 0.1) is 0 Å². The fourth-order valence-corrected chi connectivity index (χ4v) is 6.06. The van der Waals surface area contributed by atoms with Crippen LogP contribution in [0, 0.1) is 17.8 Å². The maximum atomic E-state index is 12.4. The molecule has 1 heterocycles. The summed E-state index contributed by atoms with van der Waals surface area (Å²) in [7, 11) is 0. The van der Waals surface area contributed by atoms with E-state index in [1.807, 2.05) is 0 Å². The van der Waals surface area contributed by atoms with Crippen LogP contribution >= 0.6 is 0 Å². The van der Waals surface area contributed by atoms with E-state index in [4.69, 9.17) is 14.2 Å². The number of carbonyl (C=O) groups is 3. The number of ether oxygens (including phenoxy) is 3. The van der Waals surface area contributed by atoms with E-state index >= 15 is 0 Å². The number of nitrogens with one attached hydrogen (secondary N) is 2. The van der Waals surface area contributed by atoms with Gasteiger partial charge in [0.25, 0.3) is 5.91 Å². The standard InChI is InChI=1S/C23H26N2O6/c26-20(12-29-21(27)4-2-14-1-3-18-19(8-14)31-13-30-18)24-22(28)25-23-9-15-5-16(10-23)7-17(6-15)11-23/h1-4,8,15-17H,5-7,9-13H2,(H2,24,25,26,28)/b4-2+. The predicted octanol–water partition coefficient (Wildman–Crippen LogP) is 2.77. The number of urea groups is 1. The number of imide groups is 1. The van der Waals surface area contributed by atoms with Crippen molar-refractivity contribution in [2.75, 3.05) is 13.4 Å². The molecule has 4 aliphatic carbocycles. The Morgan fingerprint density at radius 2 is 1.71 bits per heavy atom. The lowest BCUT2D eigenvalue weighted by atomic mass is 9.53. The first-order chi connectivity index (χ1) is 15.0. The van der Waals surface area contributed by atoms with Crippen LogP contribution < -0.4 is 20.1 Å². The maximum Gasteiger partial charge on any atom is 0.331 e. The van der Waals surface area contributed by atoms with E-state index in [-0.39, 0.29) is 12.3 Å². The summed E-state index contributed by atoms with van der Waals surface area (Å²) in [4.78, 5) is 36.3. The van der Waals surface area contributed by atoms with Gasteiger partial charge in [-0.05, 0) is 80.1 Å². The highest BCUT2D eigenvalue weighted by Crippen LogP contribution is 2.55. The number of fused-ring (bicyclic) bond motifs is 1. The number of esters is 1. The minimum absolute atomic E-state index is 0.177. The highest BCUT2D eigenvalue weighted by molar-refractivity contribution is 5.96. The van der Waals surface area contributed by atoms with Crippen LogP contribution in [-0.4, -0.2) is 36.8 Å². The average molecular weight is 426 g/mol. The molecule has 4 fully saturated rings. The van der Waals surface area contributed by atoms with E-state index in [0.29, 0.717) is 29.3 Å². The van der Waals surface area contributed by atoms with Crippen LogP contribution in [0.5, 0.6) is 11.5 Å². The summed E-state index contributed by atoms with van der Waals surface area (Å²) in [5.74, 6) is 2.03. The monoisotopic (exact) mass is 426 g/mol. The van der Waals surface area contributed by atoms with Crippen LogP contribution in [0.25, 0.3) is 6.08 Å². The van der Waals surface area contributed by atoms with Crippen LogP contribution in [0.15, 0.2) is 24.3 Å². The second-order valence-electron chi connectivity index (χ2n) is 9.25. The van der Waals surface area contributed by atoms with Crippen molar-refractivity contribution in [2.45, 2.75) is 44.1 Å². The molecule has 8 nitrogen and oxygen atoms in total. The molecule has 0 saturated heterocycles. The second-order valence-corrected chi connectivity index (χ2v) is 9.25. The molecular weight excluding hydrogens is 400 g/mol. The quantitative estimate of drug-likeness (QED) is 0.554. The lowest BCUT2D eigenvalue weighted by Crippen LogP contribution is -2.62. The summed E-state index contributed by atoms with van der Waals surface area (Å²) < 4.78 is 15.5. The first-order valence-electron chi connectivity index (χ1n) is 10.8. The predicted molar refractivity (Wildman–Crippen MR) is 110 cm³/mol. The Labute approximate surface area is 180 Å². The van der Waals surface area contributed by atoms with E-state index in [1.165, 1.54) is 25.3 Å². The molecule has 1 aliphatic heterocycles. The molecule has 6 rings (SSSR count). The Hall–Kier alpha value is -3.03. The minimum Gasteiger partial charge on any atom is -0.454 e. The first kappa shape index (κ1) is 19.9. The fraction of sp³-hybridized carbons (Fsp3) is 0.522. The molecule has 0 aromatic heterocycles. The number of rotatable bonds is 5. The third-order valence-electron chi connectivity index (χ3n) is 6.82. The molecule has 1 aromatic rings. The fourth-order valence-electron chi connectivity index (χ4n) is 6.06. The van der Waals surface area contributed by atoms with Gasteiger partial charge in [0.2, 0.25) is 6.79 Å². The van der Waals surface area contributed by atoms with E-state index in [9.17, 15) is 14.4 Å². The molecule has 164 valence electrons. The van der Waals surface area contributed by atoms with Gasteiger partial charge in [0.1, 0.15) is 0 Å². The van der Waals surface area contributed by atoms with Gasteiger partial charge in [-0.2, -0.15) is 0 Å². The van der Waals surface area contributed by atoms with Gasteiger partial charge in [0, 0.05) is 11.6 Å². The molecule has 3 amide bonds. The summed E-state index contributed by atoms with van der Waals surface area (Å²) in [5, 5.41) is 5.35. The molecule has 0 spiro atoms. The summed E-state index contributed by atoms with van der Waals surface area (Å²) in [5.41, 5.74) is 0.559. The second kappa shape index (κ2) is 7.90. The summed E-state index contributed by atoms with van der Waals surface area (Å²) in [6.07, 6.45) is 9.61. The minimum atomic E-state index is -0.672. The zero-order chi connectivity index (χ0) is 21.4. The van der Waals surface area contributed by atoms with Crippen molar-refractivity contribution in [2.24, 2.45) is 17.8 Å². The van der Waals surface area contributed by atoms with Crippen molar-refractivity contribution in [3.05, 3.63) is 29.8 Å². The Morgan fingerprint density at radius 3 is 2.42 bits per heavy atom. The number of carbonyl (C=O) groups excluding carboxylic acids is 3. The SMILES string of the molecule is O=C(COC(=O)/C=C/c1ccc2c(c1)OCO2)NC(=O)NC12CC3CC(CC(C3)C1)C2. The van der Waals surface area contributed by atoms with E-state index in [0.717, 1.165) is 24.8 Å². The number of amides is 3. The molecule has 4 saturated carbocycles. The Morgan fingerprint density at radius 1 is 1.03 bits per heavy atom. The lowest BCUT2D eigenvalue weighted by molar-refractivity contribution is -0.143. The topological polar surface area (TPSA) is 103 Å². The highest BCUT2D eigenvalue weighted by atomic mass is 16.7. The van der Waals surface area contributed by atoms with Gasteiger partial charge >= 0.3 is 12.0 Å². The number of hydrogen-bond acceptors (Lipinski definition) is 6. The van der Waals surface area contributed by atoms with Crippen LogP contribution in [-0.2, 0) is 14.3 Å². The summed E-state index contributed by atoms with van der Waals surface area (Å²) in [6, 6.07) is 4.77. The molecule has 31 heavy (non-hydrogen) atoms. The highest BCUT2D eigenvalue weighted by Gasteiger charge is 2.51.